The van der Waals surface area contributed by atoms with Crippen LogP contribution in [0.15, 0.2) is 46.9 Å². The zero-order valence-electron chi connectivity index (χ0n) is 12.9. The molecule has 0 radical (unpaired) electrons. The molecule has 0 saturated carbocycles. The monoisotopic (exact) mass is 380 g/mol. The molecular formula is C17H11Cl2FN2O3. The molecule has 5 nitrogen and oxygen atoms in total. The van der Waals surface area contributed by atoms with E-state index in [9.17, 15) is 9.18 Å². The number of rotatable bonds is 4. The first-order chi connectivity index (χ1) is 11.9. The summed E-state index contributed by atoms with van der Waals surface area (Å²) in [5, 5.41) is 8.32. The Hall–Kier alpha value is -2.44. The van der Waals surface area contributed by atoms with Crippen LogP contribution in [-0.4, -0.2) is 16.2 Å². The quantitative estimate of drug-likeness (QED) is 0.589. The fraction of sp³-hybridized carbons (Fsp3) is 0.118. The van der Waals surface area contributed by atoms with Crippen LogP contribution in [0, 0.1) is 5.82 Å². The minimum atomic E-state index is -0.791. The van der Waals surface area contributed by atoms with Crippen LogP contribution in [-0.2, 0) is 4.74 Å². The van der Waals surface area contributed by atoms with E-state index in [0.717, 1.165) is 0 Å². The second-order valence-corrected chi connectivity index (χ2v) is 5.97. The van der Waals surface area contributed by atoms with E-state index in [2.05, 4.69) is 10.2 Å². The Labute approximate surface area is 152 Å². The molecule has 8 heteroatoms. The highest BCUT2D eigenvalue weighted by Crippen LogP contribution is 2.26. The molecule has 3 aromatic rings. The Morgan fingerprint density at radius 3 is 2.56 bits per heavy atom. The van der Waals surface area contributed by atoms with Gasteiger partial charge in [-0.2, -0.15) is 0 Å². The molecule has 0 aliphatic carbocycles. The third-order valence-electron chi connectivity index (χ3n) is 3.31. The van der Waals surface area contributed by atoms with Gasteiger partial charge in [-0.25, -0.2) is 9.18 Å². The molecule has 0 saturated heterocycles. The first-order valence-electron chi connectivity index (χ1n) is 7.19. The van der Waals surface area contributed by atoms with Gasteiger partial charge in [0.15, 0.2) is 6.10 Å². The van der Waals surface area contributed by atoms with Crippen LogP contribution in [0.3, 0.4) is 0 Å². The summed E-state index contributed by atoms with van der Waals surface area (Å²) >= 11 is 11.8. The van der Waals surface area contributed by atoms with E-state index in [4.69, 9.17) is 32.4 Å². The number of nitrogens with zero attached hydrogens (tertiary/aromatic N) is 2. The number of carbonyl (C=O) groups excluding carboxylic acids is 1. The van der Waals surface area contributed by atoms with Crippen molar-refractivity contribution >= 4 is 29.2 Å². The standard InChI is InChI=1S/C17H11Cl2FN2O3/c1-9(24-17(23)13-7-4-11(18)8-14(13)19)15-21-22-16(25-15)10-2-5-12(20)6-3-10/h2-9H,1H3/t9-/m1/s1. The smallest absolute Gasteiger partial charge is 0.340 e. The van der Waals surface area contributed by atoms with E-state index in [1.54, 1.807) is 6.92 Å². The molecule has 1 atom stereocenters. The zero-order chi connectivity index (χ0) is 18.0. The second kappa shape index (κ2) is 7.21. The lowest BCUT2D eigenvalue weighted by molar-refractivity contribution is 0.0280. The van der Waals surface area contributed by atoms with E-state index in [1.807, 2.05) is 0 Å². The number of hydrogen-bond donors (Lipinski definition) is 0. The van der Waals surface area contributed by atoms with Gasteiger partial charge in [0.25, 0.3) is 5.89 Å². The van der Waals surface area contributed by atoms with Gasteiger partial charge in [0.2, 0.25) is 5.89 Å². The second-order valence-electron chi connectivity index (χ2n) is 5.12. The van der Waals surface area contributed by atoms with Crippen LogP contribution < -0.4 is 0 Å². The highest BCUT2D eigenvalue weighted by Gasteiger charge is 2.21. The van der Waals surface area contributed by atoms with E-state index in [-0.39, 0.29) is 28.2 Å². The molecule has 1 heterocycles. The Bertz CT molecular complexity index is 913. The van der Waals surface area contributed by atoms with E-state index in [0.29, 0.717) is 10.6 Å². The fourth-order valence-electron chi connectivity index (χ4n) is 2.04. The largest absolute Gasteiger partial charge is 0.449 e. The van der Waals surface area contributed by atoms with Gasteiger partial charge in [0.1, 0.15) is 5.82 Å². The molecule has 0 aliphatic heterocycles. The van der Waals surface area contributed by atoms with Gasteiger partial charge in [0.05, 0.1) is 10.6 Å². The molecule has 0 bridgehead atoms. The highest BCUT2D eigenvalue weighted by atomic mass is 35.5. The van der Waals surface area contributed by atoms with Gasteiger partial charge in [-0.3, -0.25) is 0 Å². The summed E-state index contributed by atoms with van der Waals surface area (Å²) in [6.07, 6.45) is -0.791. The topological polar surface area (TPSA) is 65.2 Å². The molecule has 0 fully saturated rings. The van der Waals surface area contributed by atoms with E-state index < -0.39 is 12.1 Å². The maximum absolute atomic E-state index is 13.0. The van der Waals surface area contributed by atoms with Gasteiger partial charge in [-0.1, -0.05) is 23.2 Å². The van der Waals surface area contributed by atoms with Gasteiger partial charge >= 0.3 is 5.97 Å². The van der Waals surface area contributed by atoms with Crippen LogP contribution in [0.1, 0.15) is 29.3 Å². The van der Waals surface area contributed by atoms with Crippen LogP contribution >= 0.6 is 23.2 Å². The molecular weight excluding hydrogens is 370 g/mol. The van der Waals surface area contributed by atoms with Crippen LogP contribution in [0.4, 0.5) is 4.39 Å². The van der Waals surface area contributed by atoms with E-state index in [1.165, 1.54) is 42.5 Å². The maximum Gasteiger partial charge on any atom is 0.340 e. The highest BCUT2D eigenvalue weighted by molar-refractivity contribution is 6.36. The molecule has 0 amide bonds. The van der Waals surface area contributed by atoms with Gasteiger partial charge in [-0.05, 0) is 49.4 Å². The summed E-state index contributed by atoms with van der Waals surface area (Å²) in [5.74, 6) is -0.707. The van der Waals surface area contributed by atoms with Crippen molar-refractivity contribution in [2.75, 3.05) is 0 Å². The summed E-state index contributed by atoms with van der Waals surface area (Å²) in [6.45, 7) is 1.59. The molecule has 128 valence electrons. The number of halogens is 3. The maximum atomic E-state index is 13.0. The number of benzene rings is 2. The summed E-state index contributed by atoms with van der Waals surface area (Å²) in [7, 11) is 0. The summed E-state index contributed by atoms with van der Waals surface area (Å²) in [6, 6.07) is 10.0. The molecule has 1 aromatic heterocycles. The SMILES string of the molecule is C[C@@H](OC(=O)c1ccc(Cl)cc1Cl)c1nnc(-c2ccc(F)cc2)o1. The van der Waals surface area contributed by atoms with Crippen molar-refractivity contribution < 1.29 is 18.3 Å². The van der Waals surface area contributed by atoms with Gasteiger partial charge in [-0.15, -0.1) is 10.2 Å². The number of hydrogen-bond acceptors (Lipinski definition) is 5. The summed E-state index contributed by atoms with van der Waals surface area (Å²) < 4.78 is 23.7. The van der Waals surface area contributed by atoms with Crippen LogP contribution in [0.2, 0.25) is 10.0 Å². The predicted molar refractivity (Wildman–Crippen MR) is 90.0 cm³/mol. The average molecular weight is 381 g/mol. The lowest BCUT2D eigenvalue weighted by Gasteiger charge is -2.10. The number of carbonyl (C=O) groups is 1. The Morgan fingerprint density at radius 2 is 1.88 bits per heavy atom. The lowest BCUT2D eigenvalue weighted by atomic mass is 10.2. The van der Waals surface area contributed by atoms with Crippen molar-refractivity contribution in [2.45, 2.75) is 13.0 Å². The average Bonchev–Trinajstić information content (AvgIpc) is 3.05. The van der Waals surface area contributed by atoms with Crippen molar-refractivity contribution in [3.05, 3.63) is 69.8 Å². The van der Waals surface area contributed by atoms with E-state index >= 15 is 0 Å². The Morgan fingerprint density at radius 1 is 1.16 bits per heavy atom. The number of esters is 1. The summed E-state index contributed by atoms with van der Waals surface area (Å²) in [5.41, 5.74) is 0.732. The van der Waals surface area contributed by atoms with Crippen LogP contribution in [0.25, 0.3) is 11.5 Å². The first-order valence-corrected chi connectivity index (χ1v) is 7.95. The molecule has 25 heavy (non-hydrogen) atoms. The van der Waals surface area contributed by atoms with Crippen molar-refractivity contribution in [3.8, 4) is 11.5 Å². The van der Waals surface area contributed by atoms with Gasteiger partial charge in [0, 0.05) is 10.6 Å². The first kappa shape index (κ1) is 17.4. The van der Waals surface area contributed by atoms with Crippen molar-refractivity contribution in [3.63, 3.8) is 0 Å². The molecule has 2 aromatic carbocycles. The third-order valence-corrected chi connectivity index (χ3v) is 3.86. The molecule has 0 aliphatic rings. The third kappa shape index (κ3) is 3.97. The molecule has 0 unspecified atom stereocenters. The predicted octanol–water partition coefficient (Wildman–Crippen LogP) is 5.10. The Kier molecular flexibility index (Phi) is 5.01. The number of ether oxygens (including phenoxy) is 1. The molecule has 0 N–H and O–H groups in total. The minimum absolute atomic E-state index is 0.109. The Balaban J connectivity index is 1.74. The molecule has 0 spiro atoms. The van der Waals surface area contributed by atoms with Crippen LogP contribution in [0.5, 0.6) is 0 Å². The normalized spacial score (nSPS) is 12.0. The lowest BCUT2D eigenvalue weighted by Crippen LogP contribution is -2.10. The number of aromatic nitrogens is 2. The minimum Gasteiger partial charge on any atom is -0.449 e. The summed E-state index contributed by atoms with van der Waals surface area (Å²) in [4.78, 5) is 12.2. The van der Waals surface area contributed by atoms with Crippen molar-refractivity contribution in [1.29, 1.82) is 0 Å². The van der Waals surface area contributed by atoms with Crippen molar-refractivity contribution in [1.82, 2.24) is 10.2 Å². The van der Waals surface area contributed by atoms with Gasteiger partial charge < -0.3 is 9.15 Å². The van der Waals surface area contributed by atoms with Crippen molar-refractivity contribution in [2.24, 2.45) is 0 Å². The molecule has 3 rings (SSSR count). The zero-order valence-corrected chi connectivity index (χ0v) is 14.4. The fourth-order valence-corrected chi connectivity index (χ4v) is 2.52.